The summed E-state index contributed by atoms with van der Waals surface area (Å²) in [5.41, 5.74) is 3.49. The van der Waals surface area contributed by atoms with Crippen LogP contribution in [0.5, 0.6) is 11.6 Å². The van der Waals surface area contributed by atoms with E-state index in [4.69, 9.17) is 4.74 Å². The van der Waals surface area contributed by atoms with Crippen molar-refractivity contribution >= 4 is 11.7 Å². The van der Waals surface area contributed by atoms with Crippen molar-refractivity contribution in [3.05, 3.63) is 77.6 Å². The van der Waals surface area contributed by atoms with Crippen LogP contribution in [0, 0.1) is 19.8 Å². The smallest absolute Gasteiger partial charge is 0.263 e. The van der Waals surface area contributed by atoms with Crippen LogP contribution in [0.3, 0.4) is 0 Å². The van der Waals surface area contributed by atoms with Crippen LogP contribution >= 0.6 is 0 Å². The van der Waals surface area contributed by atoms with Crippen molar-refractivity contribution < 1.29 is 9.53 Å². The van der Waals surface area contributed by atoms with Crippen LogP contribution in [0.15, 0.2) is 60.9 Å². The Morgan fingerprint density at radius 2 is 1.71 bits per heavy atom. The van der Waals surface area contributed by atoms with Gasteiger partial charge in [0.05, 0.1) is 5.92 Å². The molecule has 6 heteroatoms. The highest BCUT2D eigenvalue weighted by atomic mass is 16.5. The molecule has 0 saturated carbocycles. The van der Waals surface area contributed by atoms with Gasteiger partial charge in [0.1, 0.15) is 5.75 Å². The minimum absolute atomic E-state index is 0.0789. The number of carbonyl (C=O) groups excluding carboxylic acids is 1. The molecule has 0 spiro atoms. The van der Waals surface area contributed by atoms with Gasteiger partial charge in [0, 0.05) is 32.0 Å². The topological polar surface area (TPSA) is 67.4 Å². The number of amides is 1. The number of piperidine rings is 1. The molecule has 2 heterocycles. The molecule has 6 nitrogen and oxygen atoms in total. The van der Waals surface area contributed by atoms with Crippen molar-refractivity contribution in [3.8, 4) is 11.6 Å². The van der Waals surface area contributed by atoms with Crippen molar-refractivity contribution in [2.75, 3.05) is 18.0 Å². The molecule has 0 bridgehead atoms. The van der Waals surface area contributed by atoms with E-state index in [0.29, 0.717) is 24.8 Å². The highest BCUT2D eigenvalue weighted by Crippen LogP contribution is 2.31. The number of nitrogens with one attached hydrogen (secondary N) is 1. The maximum Gasteiger partial charge on any atom is 0.263 e. The number of anilines is 1. The number of nitrogens with zero attached hydrogens (tertiary/aromatic N) is 3. The SMILES string of the molecule is Cc1ccc(CNC(=O)C2CCCN(c3nccnc3Oc3ccc(C)cc3)C2)cc1. The van der Waals surface area contributed by atoms with E-state index >= 15 is 0 Å². The summed E-state index contributed by atoms with van der Waals surface area (Å²) in [6, 6.07) is 16.1. The van der Waals surface area contributed by atoms with E-state index in [0.717, 1.165) is 30.7 Å². The number of benzene rings is 2. The van der Waals surface area contributed by atoms with Crippen molar-refractivity contribution in [1.82, 2.24) is 15.3 Å². The summed E-state index contributed by atoms with van der Waals surface area (Å²) in [5, 5.41) is 3.09. The molecule has 3 aromatic rings. The minimum Gasteiger partial charge on any atom is -0.436 e. The van der Waals surface area contributed by atoms with Gasteiger partial charge in [-0.1, -0.05) is 47.5 Å². The molecule has 1 aromatic heterocycles. The van der Waals surface area contributed by atoms with Gasteiger partial charge in [-0.15, -0.1) is 0 Å². The average Bonchev–Trinajstić information content (AvgIpc) is 2.80. The maximum absolute atomic E-state index is 12.8. The molecule has 0 radical (unpaired) electrons. The number of hydrogen-bond acceptors (Lipinski definition) is 5. The standard InChI is InChI=1S/C25H28N4O2/c1-18-5-9-20(10-6-18)16-28-24(30)21-4-3-15-29(17-21)23-25(27-14-13-26-23)31-22-11-7-19(2)8-12-22/h5-14,21H,3-4,15-17H2,1-2H3,(H,28,30). The Hall–Kier alpha value is -3.41. The molecule has 160 valence electrons. The molecule has 1 atom stereocenters. The molecule has 4 rings (SSSR count). The predicted octanol–water partition coefficient (Wildman–Crippen LogP) is 4.42. The maximum atomic E-state index is 12.8. The summed E-state index contributed by atoms with van der Waals surface area (Å²) >= 11 is 0. The fraction of sp³-hybridized carbons (Fsp3) is 0.320. The number of aryl methyl sites for hydroxylation is 2. The van der Waals surface area contributed by atoms with Crippen LogP contribution in [0.25, 0.3) is 0 Å². The van der Waals surface area contributed by atoms with Crippen molar-refractivity contribution in [3.63, 3.8) is 0 Å². The van der Waals surface area contributed by atoms with Gasteiger partial charge in [-0.2, -0.15) is 0 Å². The van der Waals surface area contributed by atoms with Crippen LogP contribution in [0.2, 0.25) is 0 Å². The Kier molecular flexibility index (Phi) is 6.46. The van der Waals surface area contributed by atoms with Crippen LogP contribution in [0.1, 0.15) is 29.5 Å². The number of ether oxygens (including phenoxy) is 1. The van der Waals surface area contributed by atoms with Gasteiger partial charge in [0.25, 0.3) is 5.88 Å². The van der Waals surface area contributed by atoms with Crippen molar-refractivity contribution in [1.29, 1.82) is 0 Å². The first-order chi connectivity index (χ1) is 15.1. The van der Waals surface area contributed by atoms with Crippen molar-refractivity contribution in [2.24, 2.45) is 5.92 Å². The quantitative estimate of drug-likeness (QED) is 0.644. The minimum atomic E-state index is -0.0894. The molecule has 31 heavy (non-hydrogen) atoms. The van der Waals surface area contributed by atoms with E-state index in [2.05, 4.69) is 51.4 Å². The zero-order chi connectivity index (χ0) is 21.6. The lowest BCUT2D eigenvalue weighted by Crippen LogP contribution is -2.43. The van der Waals surface area contributed by atoms with Gasteiger partial charge in [-0.3, -0.25) is 4.79 Å². The summed E-state index contributed by atoms with van der Waals surface area (Å²) in [6.45, 7) is 6.06. The predicted molar refractivity (Wildman–Crippen MR) is 121 cm³/mol. The molecular formula is C25H28N4O2. The molecule has 1 amide bonds. The molecule has 1 saturated heterocycles. The van der Waals surface area contributed by atoms with Gasteiger partial charge < -0.3 is 15.0 Å². The Labute approximate surface area is 183 Å². The summed E-state index contributed by atoms with van der Waals surface area (Å²) in [7, 11) is 0. The lowest BCUT2D eigenvalue weighted by atomic mass is 9.97. The van der Waals surface area contributed by atoms with E-state index in [1.54, 1.807) is 12.4 Å². The van der Waals surface area contributed by atoms with Gasteiger partial charge in [-0.25, -0.2) is 9.97 Å². The molecule has 1 aliphatic rings. The number of rotatable bonds is 6. The first-order valence-electron chi connectivity index (χ1n) is 10.7. The normalized spacial score (nSPS) is 16.1. The molecule has 0 aliphatic carbocycles. The lowest BCUT2D eigenvalue weighted by molar-refractivity contribution is -0.125. The van der Waals surface area contributed by atoms with E-state index < -0.39 is 0 Å². The Morgan fingerprint density at radius 1 is 1.03 bits per heavy atom. The monoisotopic (exact) mass is 416 g/mol. The second-order valence-corrected chi connectivity index (χ2v) is 8.09. The Bertz CT molecular complexity index is 1020. The lowest BCUT2D eigenvalue weighted by Gasteiger charge is -2.33. The first kappa shape index (κ1) is 20.8. The molecule has 1 N–H and O–H groups in total. The largest absolute Gasteiger partial charge is 0.436 e. The van der Waals surface area contributed by atoms with Gasteiger partial charge in [-0.05, 0) is 44.4 Å². The van der Waals surface area contributed by atoms with Crippen LogP contribution in [-0.2, 0) is 11.3 Å². The fourth-order valence-corrected chi connectivity index (χ4v) is 3.75. The van der Waals surface area contributed by atoms with Crippen LogP contribution in [-0.4, -0.2) is 29.0 Å². The third kappa shape index (κ3) is 5.40. The zero-order valence-corrected chi connectivity index (χ0v) is 18.0. The van der Waals surface area contributed by atoms with E-state index in [1.165, 1.54) is 11.1 Å². The van der Waals surface area contributed by atoms with Gasteiger partial charge in [0.2, 0.25) is 5.91 Å². The summed E-state index contributed by atoms with van der Waals surface area (Å²) in [5.74, 6) is 1.85. The molecule has 1 aliphatic heterocycles. The van der Waals surface area contributed by atoms with E-state index in [-0.39, 0.29) is 11.8 Å². The Balaban J connectivity index is 1.41. The third-order valence-corrected chi connectivity index (χ3v) is 5.56. The van der Waals surface area contributed by atoms with Gasteiger partial charge in [0.15, 0.2) is 5.82 Å². The summed E-state index contributed by atoms with van der Waals surface area (Å²) in [6.07, 6.45) is 5.08. The Morgan fingerprint density at radius 3 is 2.45 bits per heavy atom. The van der Waals surface area contributed by atoms with E-state index in [9.17, 15) is 4.79 Å². The fourth-order valence-electron chi connectivity index (χ4n) is 3.75. The highest BCUT2D eigenvalue weighted by molar-refractivity contribution is 5.79. The average molecular weight is 417 g/mol. The number of aromatic nitrogens is 2. The summed E-state index contributed by atoms with van der Waals surface area (Å²) < 4.78 is 6.01. The first-order valence-corrected chi connectivity index (χ1v) is 10.7. The highest BCUT2D eigenvalue weighted by Gasteiger charge is 2.28. The molecule has 1 fully saturated rings. The third-order valence-electron chi connectivity index (χ3n) is 5.56. The second kappa shape index (κ2) is 9.60. The molecule has 2 aromatic carbocycles. The second-order valence-electron chi connectivity index (χ2n) is 8.09. The summed E-state index contributed by atoms with van der Waals surface area (Å²) in [4.78, 5) is 23.8. The zero-order valence-electron chi connectivity index (χ0n) is 18.0. The number of carbonyl (C=O) groups is 1. The van der Waals surface area contributed by atoms with Crippen molar-refractivity contribution in [2.45, 2.75) is 33.2 Å². The molecular weight excluding hydrogens is 388 g/mol. The van der Waals surface area contributed by atoms with Crippen LogP contribution < -0.4 is 15.0 Å². The van der Waals surface area contributed by atoms with Crippen LogP contribution in [0.4, 0.5) is 5.82 Å². The van der Waals surface area contributed by atoms with E-state index in [1.807, 2.05) is 31.2 Å². The molecule has 1 unspecified atom stereocenters. The van der Waals surface area contributed by atoms with Gasteiger partial charge >= 0.3 is 0 Å². The number of hydrogen-bond donors (Lipinski definition) is 1.